The van der Waals surface area contributed by atoms with Gasteiger partial charge in [0.2, 0.25) is 11.8 Å². The zero-order valence-corrected chi connectivity index (χ0v) is 15.3. The molecular formula is C19H19ClN2O5. The SMILES string of the molecule is O=C(/C=C/c1ccco1)NCCC(=O)Nc1cc2c(cc1Cl)OCCCO2. The molecule has 3 rings (SSSR count). The summed E-state index contributed by atoms with van der Waals surface area (Å²) in [6.07, 6.45) is 5.30. The Labute approximate surface area is 161 Å². The second-order valence-corrected chi connectivity index (χ2v) is 6.17. The van der Waals surface area contributed by atoms with Crippen LogP contribution in [-0.4, -0.2) is 31.6 Å². The van der Waals surface area contributed by atoms with Gasteiger partial charge in [0.1, 0.15) is 5.76 Å². The summed E-state index contributed by atoms with van der Waals surface area (Å²) in [5, 5.41) is 5.71. The maximum atomic E-state index is 12.1. The number of rotatable bonds is 6. The number of anilines is 1. The number of fused-ring (bicyclic) bond motifs is 1. The van der Waals surface area contributed by atoms with E-state index in [-0.39, 0.29) is 24.8 Å². The molecule has 2 heterocycles. The second kappa shape index (κ2) is 9.14. The number of hydrogen-bond acceptors (Lipinski definition) is 5. The van der Waals surface area contributed by atoms with Crippen molar-refractivity contribution in [2.45, 2.75) is 12.8 Å². The minimum Gasteiger partial charge on any atom is -0.490 e. The number of amides is 2. The normalized spacial score (nSPS) is 13.2. The van der Waals surface area contributed by atoms with Crippen molar-refractivity contribution in [1.82, 2.24) is 5.32 Å². The molecule has 0 bridgehead atoms. The van der Waals surface area contributed by atoms with Crippen LogP contribution in [0.1, 0.15) is 18.6 Å². The Bertz CT molecular complexity index is 833. The number of hydrogen-bond donors (Lipinski definition) is 2. The number of benzene rings is 1. The van der Waals surface area contributed by atoms with Gasteiger partial charge in [0, 0.05) is 37.6 Å². The van der Waals surface area contributed by atoms with Crippen LogP contribution in [0.3, 0.4) is 0 Å². The molecule has 0 fully saturated rings. The lowest BCUT2D eigenvalue weighted by Crippen LogP contribution is -2.26. The van der Waals surface area contributed by atoms with E-state index in [9.17, 15) is 9.59 Å². The fourth-order valence-electron chi connectivity index (χ4n) is 2.39. The molecule has 0 saturated carbocycles. The van der Waals surface area contributed by atoms with Crippen molar-refractivity contribution in [3.8, 4) is 11.5 Å². The smallest absolute Gasteiger partial charge is 0.244 e. The van der Waals surface area contributed by atoms with Gasteiger partial charge in [0.25, 0.3) is 0 Å². The van der Waals surface area contributed by atoms with Crippen LogP contribution in [0.5, 0.6) is 11.5 Å². The lowest BCUT2D eigenvalue weighted by atomic mass is 10.2. The van der Waals surface area contributed by atoms with E-state index in [1.54, 1.807) is 30.3 Å². The topological polar surface area (TPSA) is 89.8 Å². The lowest BCUT2D eigenvalue weighted by molar-refractivity contribution is -0.117. The number of nitrogens with one attached hydrogen (secondary N) is 2. The molecule has 1 aliphatic rings. The molecule has 27 heavy (non-hydrogen) atoms. The number of ether oxygens (including phenoxy) is 2. The summed E-state index contributed by atoms with van der Waals surface area (Å²) in [5.74, 6) is 1.09. The fourth-order valence-corrected chi connectivity index (χ4v) is 2.60. The van der Waals surface area contributed by atoms with Gasteiger partial charge in [-0.25, -0.2) is 0 Å². The quantitative estimate of drug-likeness (QED) is 0.739. The van der Waals surface area contributed by atoms with Crippen molar-refractivity contribution in [2.24, 2.45) is 0 Å². The highest BCUT2D eigenvalue weighted by molar-refractivity contribution is 6.34. The Morgan fingerprint density at radius 3 is 2.70 bits per heavy atom. The Morgan fingerprint density at radius 2 is 1.96 bits per heavy atom. The van der Waals surface area contributed by atoms with E-state index in [1.165, 1.54) is 12.3 Å². The first-order chi connectivity index (χ1) is 13.1. The van der Waals surface area contributed by atoms with E-state index in [0.29, 0.717) is 41.2 Å². The van der Waals surface area contributed by atoms with E-state index >= 15 is 0 Å². The van der Waals surface area contributed by atoms with E-state index in [1.807, 2.05) is 0 Å². The number of halogens is 1. The summed E-state index contributed by atoms with van der Waals surface area (Å²) in [6, 6.07) is 6.73. The molecular weight excluding hydrogens is 372 g/mol. The summed E-state index contributed by atoms with van der Waals surface area (Å²) in [5.41, 5.74) is 0.440. The zero-order chi connectivity index (χ0) is 19.1. The van der Waals surface area contributed by atoms with E-state index in [2.05, 4.69) is 10.6 Å². The molecule has 0 radical (unpaired) electrons. The molecule has 0 spiro atoms. The highest BCUT2D eigenvalue weighted by atomic mass is 35.5. The molecule has 0 aliphatic carbocycles. The van der Waals surface area contributed by atoms with Crippen molar-refractivity contribution in [2.75, 3.05) is 25.1 Å². The van der Waals surface area contributed by atoms with Crippen LogP contribution in [0, 0.1) is 0 Å². The number of carbonyl (C=O) groups excluding carboxylic acids is 2. The van der Waals surface area contributed by atoms with Gasteiger partial charge in [-0.3, -0.25) is 9.59 Å². The molecule has 0 unspecified atom stereocenters. The first kappa shape index (κ1) is 18.8. The Kier molecular flexibility index (Phi) is 6.38. The molecule has 8 heteroatoms. The molecule has 0 atom stereocenters. The third-order valence-corrected chi connectivity index (χ3v) is 4.02. The van der Waals surface area contributed by atoms with Crippen LogP contribution in [0.25, 0.3) is 6.08 Å². The van der Waals surface area contributed by atoms with Crippen LogP contribution in [0.15, 0.2) is 41.0 Å². The van der Waals surface area contributed by atoms with Gasteiger partial charge in [0.15, 0.2) is 11.5 Å². The zero-order valence-electron chi connectivity index (χ0n) is 14.5. The molecule has 1 aromatic carbocycles. The van der Waals surface area contributed by atoms with Crippen molar-refractivity contribution in [3.63, 3.8) is 0 Å². The number of carbonyl (C=O) groups is 2. The Hall–Kier alpha value is -2.93. The molecule has 0 saturated heterocycles. The minimum absolute atomic E-state index is 0.102. The van der Waals surface area contributed by atoms with Gasteiger partial charge in [-0.15, -0.1) is 0 Å². The van der Waals surface area contributed by atoms with Gasteiger partial charge >= 0.3 is 0 Å². The maximum Gasteiger partial charge on any atom is 0.244 e. The first-order valence-corrected chi connectivity index (χ1v) is 8.88. The van der Waals surface area contributed by atoms with E-state index in [0.717, 1.165) is 6.42 Å². The van der Waals surface area contributed by atoms with Crippen LogP contribution < -0.4 is 20.1 Å². The molecule has 142 valence electrons. The van der Waals surface area contributed by atoms with E-state index in [4.69, 9.17) is 25.5 Å². The van der Waals surface area contributed by atoms with Crippen molar-refractivity contribution in [3.05, 3.63) is 47.4 Å². The van der Waals surface area contributed by atoms with Gasteiger partial charge in [0.05, 0.1) is 30.2 Å². The highest BCUT2D eigenvalue weighted by Gasteiger charge is 2.15. The maximum absolute atomic E-state index is 12.1. The van der Waals surface area contributed by atoms with Crippen molar-refractivity contribution >= 4 is 35.2 Å². The standard InChI is InChI=1S/C19H19ClN2O5/c20-14-11-16-17(27-10-2-9-26-16)12-15(14)22-19(24)6-7-21-18(23)5-4-13-3-1-8-25-13/h1,3-5,8,11-12H,2,6-7,9-10H2,(H,21,23)(H,22,24)/b5-4+. The summed E-state index contributed by atoms with van der Waals surface area (Å²) in [6.45, 7) is 1.29. The first-order valence-electron chi connectivity index (χ1n) is 8.50. The molecule has 7 nitrogen and oxygen atoms in total. The largest absolute Gasteiger partial charge is 0.490 e. The van der Waals surface area contributed by atoms with Crippen LogP contribution >= 0.6 is 11.6 Å². The third kappa shape index (κ3) is 5.52. The Balaban J connectivity index is 1.48. The summed E-state index contributed by atoms with van der Waals surface area (Å²) < 4.78 is 16.2. The summed E-state index contributed by atoms with van der Waals surface area (Å²) in [4.78, 5) is 23.8. The Morgan fingerprint density at radius 1 is 1.19 bits per heavy atom. The monoisotopic (exact) mass is 390 g/mol. The van der Waals surface area contributed by atoms with Gasteiger partial charge < -0.3 is 24.5 Å². The lowest BCUT2D eigenvalue weighted by Gasteiger charge is -2.12. The molecule has 1 aliphatic heterocycles. The van der Waals surface area contributed by atoms with Gasteiger partial charge in [-0.2, -0.15) is 0 Å². The minimum atomic E-state index is -0.312. The highest BCUT2D eigenvalue weighted by Crippen LogP contribution is 2.37. The average Bonchev–Trinajstić information content (AvgIpc) is 3.06. The van der Waals surface area contributed by atoms with Gasteiger partial charge in [-0.1, -0.05) is 11.6 Å². The summed E-state index contributed by atoms with van der Waals surface area (Å²) in [7, 11) is 0. The number of furan rings is 1. The average molecular weight is 391 g/mol. The third-order valence-electron chi connectivity index (χ3n) is 3.70. The second-order valence-electron chi connectivity index (χ2n) is 5.77. The molecule has 2 aromatic rings. The van der Waals surface area contributed by atoms with Crippen LogP contribution in [0.4, 0.5) is 5.69 Å². The van der Waals surface area contributed by atoms with E-state index < -0.39 is 0 Å². The predicted molar refractivity (Wildman–Crippen MR) is 101 cm³/mol. The van der Waals surface area contributed by atoms with Crippen LogP contribution in [-0.2, 0) is 9.59 Å². The van der Waals surface area contributed by atoms with Crippen molar-refractivity contribution in [1.29, 1.82) is 0 Å². The fraction of sp³-hybridized carbons (Fsp3) is 0.263. The molecule has 2 amide bonds. The molecule has 1 aromatic heterocycles. The predicted octanol–water partition coefficient (Wildman–Crippen LogP) is 3.25. The van der Waals surface area contributed by atoms with Gasteiger partial charge in [-0.05, 0) is 18.2 Å². The molecule has 2 N–H and O–H groups in total. The summed E-state index contributed by atoms with van der Waals surface area (Å²) >= 11 is 6.20. The van der Waals surface area contributed by atoms with Crippen molar-refractivity contribution < 1.29 is 23.5 Å². The van der Waals surface area contributed by atoms with Crippen LogP contribution in [0.2, 0.25) is 5.02 Å².